The number of nitrogens with one attached hydrogen (secondary N) is 2. The van der Waals surface area contributed by atoms with E-state index >= 15 is 0 Å². The van der Waals surface area contributed by atoms with E-state index in [9.17, 15) is 4.79 Å². The van der Waals surface area contributed by atoms with E-state index in [4.69, 9.17) is 0 Å². The molecule has 0 spiro atoms. The summed E-state index contributed by atoms with van der Waals surface area (Å²) in [6.07, 6.45) is 5.60. The zero-order chi connectivity index (χ0) is 15.5. The maximum atomic E-state index is 11.1. The molecule has 3 rings (SSSR count). The molecule has 0 aliphatic heterocycles. The Morgan fingerprint density at radius 3 is 2.86 bits per heavy atom. The van der Waals surface area contributed by atoms with Crippen LogP contribution >= 0.6 is 23.3 Å². The summed E-state index contributed by atoms with van der Waals surface area (Å²) in [5, 5.41) is 3.34. The summed E-state index contributed by atoms with van der Waals surface area (Å²) in [6, 6.07) is 8.10. The van der Waals surface area contributed by atoms with Crippen molar-refractivity contribution in [3.63, 3.8) is 0 Å². The molecular formula is C15H14N4OS2. The molecule has 0 saturated carbocycles. The molecule has 1 aromatic carbocycles. The maximum Gasteiger partial charge on any atom is 0.223 e. The molecular weight excluding hydrogens is 316 g/mol. The molecule has 112 valence electrons. The minimum atomic E-state index is -0.112. The Bertz CT molecular complexity index is 831. The molecule has 22 heavy (non-hydrogen) atoms. The number of hydrogen-bond donors (Lipinski definition) is 2. The van der Waals surface area contributed by atoms with Crippen LogP contribution in [0.15, 0.2) is 36.7 Å². The molecule has 3 aromatic rings. The van der Waals surface area contributed by atoms with Gasteiger partial charge in [0.25, 0.3) is 0 Å². The number of rotatable bonds is 4. The Hall–Kier alpha value is -2.12. The Morgan fingerprint density at radius 2 is 2.09 bits per heavy atom. The lowest BCUT2D eigenvalue weighted by Gasteiger charge is -2.05. The standard InChI is InChI=1S/C15H14N4OS2/c1-9(20)17-15-18-13-4-3-10(6-14(13)22-15)11-5-12(19-21-2)8-16-7-11/h3-8,19H,1-2H3,(H,17,18,20). The molecule has 0 saturated heterocycles. The number of pyridine rings is 1. The van der Waals surface area contributed by atoms with Gasteiger partial charge in [-0.05, 0) is 23.8 Å². The van der Waals surface area contributed by atoms with Crippen molar-refractivity contribution in [1.82, 2.24) is 9.97 Å². The van der Waals surface area contributed by atoms with Gasteiger partial charge in [-0.1, -0.05) is 29.4 Å². The predicted molar refractivity (Wildman–Crippen MR) is 94.3 cm³/mol. The number of hydrogen-bond acceptors (Lipinski definition) is 6. The molecule has 0 radical (unpaired) electrons. The lowest BCUT2D eigenvalue weighted by molar-refractivity contribution is -0.114. The van der Waals surface area contributed by atoms with Crippen molar-refractivity contribution < 1.29 is 4.79 Å². The van der Waals surface area contributed by atoms with Crippen LogP contribution in [0.5, 0.6) is 0 Å². The Morgan fingerprint density at radius 1 is 1.23 bits per heavy atom. The first-order chi connectivity index (χ1) is 10.7. The lowest BCUT2D eigenvalue weighted by atomic mass is 10.1. The molecule has 0 bridgehead atoms. The van der Waals surface area contributed by atoms with E-state index in [2.05, 4.69) is 32.1 Å². The summed E-state index contributed by atoms with van der Waals surface area (Å²) < 4.78 is 4.21. The number of aromatic nitrogens is 2. The van der Waals surface area contributed by atoms with Crippen molar-refractivity contribution in [2.75, 3.05) is 16.3 Å². The summed E-state index contributed by atoms with van der Waals surface area (Å²) in [5.74, 6) is -0.112. The zero-order valence-electron chi connectivity index (χ0n) is 12.1. The van der Waals surface area contributed by atoms with Crippen LogP contribution in [-0.4, -0.2) is 22.1 Å². The quantitative estimate of drug-likeness (QED) is 0.708. The molecule has 0 aliphatic rings. The van der Waals surface area contributed by atoms with Crippen LogP contribution in [0.2, 0.25) is 0 Å². The van der Waals surface area contributed by atoms with Crippen LogP contribution in [0, 0.1) is 0 Å². The van der Waals surface area contributed by atoms with Crippen molar-refractivity contribution in [2.45, 2.75) is 6.92 Å². The minimum Gasteiger partial charge on any atom is -0.329 e. The summed E-state index contributed by atoms with van der Waals surface area (Å²) >= 11 is 3.00. The van der Waals surface area contributed by atoms with Gasteiger partial charge in [0.05, 0.1) is 22.1 Å². The fraction of sp³-hybridized carbons (Fsp3) is 0.133. The summed E-state index contributed by atoms with van der Waals surface area (Å²) in [6.45, 7) is 1.48. The number of thiazole rings is 1. The monoisotopic (exact) mass is 330 g/mol. The summed E-state index contributed by atoms with van der Waals surface area (Å²) in [5.41, 5.74) is 3.95. The van der Waals surface area contributed by atoms with Crippen LogP contribution < -0.4 is 10.0 Å². The molecule has 1 amide bonds. The average molecular weight is 330 g/mol. The minimum absolute atomic E-state index is 0.112. The van der Waals surface area contributed by atoms with Gasteiger partial charge in [-0.25, -0.2) is 4.98 Å². The summed E-state index contributed by atoms with van der Waals surface area (Å²) in [4.78, 5) is 19.8. The first-order valence-corrected chi connectivity index (χ1v) is 8.62. The molecule has 2 N–H and O–H groups in total. The largest absolute Gasteiger partial charge is 0.329 e. The third-order valence-electron chi connectivity index (χ3n) is 2.96. The molecule has 0 unspecified atom stereocenters. The Balaban J connectivity index is 1.97. The van der Waals surface area contributed by atoms with Crippen LogP contribution in [0.25, 0.3) is 21.3 Å². The van der Waals surface area contributed by atoms with Gasteiger partial charge in [0.2, 0.25) is 5.91 Å². The SMILES string of the molecule is CSNc1cncc(-c2ccc3nc(NC(C)=O)sc3c2)c1. The van der Waals surface area contributed by atoms with Crippen LogP contribution in [-0.2, 0) is 4.79 Å². The number of carbonyl (C=O) groups is 1. The Labute approximate surface area is 136 Å². The molecule has 0 atom stereocenters. The van der Waals surface area contributed by atoms with Gasteiger partial charge < -0.3 is 10.0 Å². The molecule has 2 aromatic heterocycles. The smallest absolute Gasteiger partial charge is 0.223 e. The van der Waals surface area contributed by atoms with E-state index in [1.165, 1.54) is 30.2 Å². The van der Waals surface area contributed by atoms with Gasteiger partial charge in [0.15, 0.2) is 5.13 Å². The summed E-state index contributed by atoms with van der Waals surface area (Å²) in [7, 11) is 0. The first-order valence-electron chi connectivity index (χ1n) is 6.58. The molecule has 0 aliphatic carbocycles. The van der Waals surface area contributed by atoms with Gasteiger partial charge in [0.1, 0.15) is 0 Å². The number of nitrogens with zero attached hydrogens (tertiary/aromatic N) is 2. The van der Waals surface area contributed by atoms with Crippen molar-refractivity contribution >= 4 is 50.2 Å². The average Bonchev–Trinajstić information content (AvgIpc) is 2.88. The van der Waals surface area contributed by atoms with Gasteiger partial charge in [-0.15, -0.1) is 0 Å². The second-order valence-electron chi connectivity index (χ2n) is 4.65. The predicted octanol–water partition coefficient (Wildman–Crippen LogP) is 4.01. The van der Waals surface area contributed by atoms with Crippen LogP contribution in [0.4, 0.5) is 10.8 Å². The normalized spacial score (nSPS) is 10.6. The topological polar surface area (TPSA) is 66.9 Å². The lowest BCUT2D eigenvalue weighted by Crippen LogP contribution is -2.04. The fourth-order valence-electron chi connectivity index (χ4n) is 2.08. The van der Waals surface area contributed by atoms with E-state index in [1.54, 1.807) is 6.20 Å². The number of benzene rings is 1. The number of amides is 1. The van der Waals surface area contributed by atoms with Gasteiger partial charge in [-0.3, -0.25) is 9.78 Å². The van der Waals surface area contributed by atoms with Crippen molar-refractivity contribution in [2.24, 2.45) is 0 Å². The van der Waals surface area contributed by atoms with E-state index in [-0.39, 0.29) is 5.91 Å². The fourth-order valence-corrected chi connectivity index (χ4v) is 3.38. The van der Waals surface area contributed by atoms with Gasteiger partial charge in [-0.2, -0.15) is 0 Å². The highest BCUT2D eigenvalue weighted by molar-refractivity contribution is 7.99. The van der Waals surface area contributed by atoms with Gasteiger partial charge >= 0.3 is 0 Å². The van der Waals surface area contributed by atoms with E-state index in [0.29, 0.717) is 5.13 Å². The first kappa shape index (κ1) is 14.8. The van der Waals surface area contributed by atoms with Crippen molar-refractivity contribution in [3.8, 4) is 11.1 Å². The zero-order valence-corrected chi connectivity index (χ0v) is 13.7. The highest BCUT2D eigenvalue weighted by Gasteiger charge is 2.07. The second-order valence-corrected chi connectivity index (χ2v) is 6.29. The number of fused-ring (bicyclic) bond motifs is 1. The number of carbonyl (C=O) groups excluding carboxylic acids is 1. The maximum absolute atomic E-state index is 11.1. The third-order valence-corrected chi connectivity index (χ3v) is 4.34. The van der Waals surface area contributed by atoms with Crippen molar-refractivity contribution in [1.29, 1.82) is 0 Å². The van der Waals surface area contributed by atoms with Crippen LogP contribution in [0.3, 0.4) is 0 Å². The van der Waals surface area contributed by atoms with E-state index < -0.39 is 0 Å². The second kappa shape index (κ2) is 6.33. The van der Waals surface area contributed by atoms with Crippen molar-refractivity contribution in [3.05, 3.63) is 36.7 Å². The number of anilines is 2. The van der Waals surface area contributed by atoms with E-state index in [1.807, 2.05) is 24.6 Å². The van der Waals surface area contributed by atoms with Gasteiger partial charge in [0, 0.05) is 24.9 Å². The molecule has 5 nitrogen and oxygen atoms in total. The third kappa shape index (κ3) is 3.20. The molecule has 2 heterocycles. The molecule has 7 heteroatoms. The van der Waals surface area contributed by atoms with E-state index in [0.717, 1.165) is 27.0 Å². The Kier molecular flexibility index (Phi) is 4.26. The molecule has 0 fully saturated rings. The van der Waals surface area contributed by atoms with Crippen LogP contribution in [0.1, 0.15) is 6.92 Å². The highest BCUT2D eigenvalue weighted by atomic mass is 32.2. The highest BCUT2D eigenvalue weighted by Crippen LogP contribution is 2.31.